The number of carbonyl (C=O) groups excluding carboxylic acids is 1. The van der Waals surface area contributed by atoms with Crippen LogP contribution in [0.25, 0.3) is 5.69 Å². The molecule has 1 amide bonds. The normalized spacial score (nSPS) is 10.5. The molecule has 0 atom stereocenters. The van der Waals surface area contributed by atoms with Gasteiger partial charge in [0.25, 0.3) is 5.91 Å². The van der Waals surface area contributed by atoms with Crippen molar-refractivity contribution in [3.8, 4) is 5.69 Å². The monoisotopic (exact) mass is 326 g/mol. The van der Waals surface area contributed by atoms with Crippen LogP contribution in [0.2, 0.25) is 5.02 Å². The number of amides is 1. The van der Waals surface area contributed by atoms with Crippen LogP contribution in [0.1, 0.15) is 17.4 Å². The Morgan fingerprint density at radius 1 is 1.26 bits per heavy atom. The molecule has 3 aromatic rings. The molecule has 0 radical (unpaired) electrons. The Balaban J connectivity index is 1.89. The van der Waals surface area contributed by atoms with E-state index in [1.807, 2.05) is 25.1 Å². The second-order valence-electron chi connectivity index (χ2n) is 4.89. The maximum Gasteiger partial charge on any atom is 0.278 e. The van der Waals surface area contributed by atoms with E-state index in [-0.39, 0.29) is 5.91 Å². The molecular weight excluding hydrogens is 312 g/mol. The van der Waals surface area contributed by atoms with Gasteiger partial charge in [0.1, 0.15) is 0 Å². The number of rotatable bonds is 4. The van der Waals surface area contributed by atoms with Crippen molar-refractivity contribution >= 4 is 23.2 Å². The van der Waals surface area contributed by atoms with Crippen molar-refractivity contribution in [2.75, 3.05) is 11.4 Å². The van der Waals surface area contributed by atoms with Gasteiger partial charge in [-0.3, -0.25) is 9.78 Å². The van der Waals surface area contributed by atoms with Gasteiger partial charge in [-0.2, -0.15) is 5.10 Å². The zero-order valence-electron chi connectivity index (χ0n) is 12.6. The number of hydrogen-bond donors (Lipinski definition) is 0. The van der Waals surface area contributed by atoms with Crippen LogP contribution in [0.15, 0.2) is 61.1 Å². The number of nitrogens with zero attached hydrogens (tertiary/aromatic N) is 4. The van der Waals surface area contributed by atoms with Crippen molar-refractivity contribution in [2.24, 2.45) is 0 Å². The Labute approximate surface area is 139 Å². The summed E-state index contributed by atoms with van der Waals surface area (Å²) in [6.07, 6.45) is 5.08. The summed E-state index contributed by atoms with van der Waals surface area (Å²) in [6, 6.07) is 12.7. The first-order valence-electron chi connectivity index (χ1n) is 7.22. The molecule has 5 nitrogen and oxygen atoms in total. The number of anilines is 1. The lowest BCUT2D eigenvalue weighted by Crippen LogP contribution is -2.31. The molecule has 0 unspecified atom stereocenters. The predicted octanol–water partition coefficient (Wildman–Crippen LogP) is 3.59. The fourth-order valence-corrected chi connectivity index (χ4v) is 2.48. The fraction of sp³-hybridized carbons (Fsp3) is 0.118. The summed E-state index contributed by atoms with van der Waals surface area (Å²) >= 11 is 5.99. The first kappa shape index (κ1) is 15.2. The highest BCUT2D eigenvalue weighted by Gasteiger charge is 2.19. The summed E-state index contributed by atoms with van der Waals surface area (Å²) in [5.74, 6) is -0.165. The Morgan fingerprint density at radius 3 is 2.83 bits per heavy atom. The van der Waals surface area contributed by atoms with Crippen molar-refractivity contribution in [2.45, 2.75) is 6.92 Å². The van der Waals surface area contributed by atoms with Gasteiger partial charge in [0.05, 0.1) is 17.6 Å². The summed E-state index contributed by atoms with van der Waals surface area (Å²) in [5, 5.41) is 4.98. The van der Waals surface area contributed by atoms with Crippen LogP contribution < -0.4 is 4.90 Å². The molecule has 6 heteroatoms. The molecular formula is C17H15ClN4O. The van der Waals surface area contributed by atoms with E-state index < -0.39 is 0 Å². The van der Waals surface area contributed by atoms with Gasteiger partial charge in [-0.05, 0) is 43.3 Å². The molecule has 0 aliphatic carbocycles. The molecule has 0 saturated heterocycles. The van der Waals surface area contributed by atoms with Crippen LogP contribution in [0.5, 0.6) is 0 Å². The highest BCUT2D eigenvalue weighted by molar-refractivity contribution is 6.30. The van der Waals surface area contributed by atoms with Crippen molar-refractivity contribution in [1.82, 2.24) is 14.8 Å². The maximum atomic E-state index is 12.7. The number of aromatic nitrogens is 3. The van der Waals surface area contributed by atoms with Gasteiger partial charge in [-0.1, -0.05) is 17.7 Å². The average molecular weight is 327 g/mol. The molecule has 0 spiro atoms. The fourth-order valence-electron chi connectivity index (χ4n) is 2.30. The highest BCUT2D eigenvalue weighted by Crippen LogP contribution is 2.17. The van der Waals surface area contributed by atoms with Crippen LogP contribution >= 0.6 is 11.6 Å². The second kappa shape index (κ2) is 6.62. The molecule has 1 aromatic carbocycles. The number of halogens is 1. The van der Waals surface area contributed by atoms with Crippen molar-refractivity contribution in [3.63, 3.8) is 0 Å². The molecule has 2 aromatic heterocycles. The Kier molecular flexibility index (Phi) is 4.39. The van der Waals surface area contributed by atoms with Crippen molar-refractivity contribution in [1.29, 1.82) is 0 Å². The molecule has 0 bridgehead atoms. The molecule has 23 heavy (non-hydrogen) atoms. The second-order valence-corrected chi connectivity index (χ2v) is 5.32. The van der Waals surface area contributed by atoms with Gasteiger partial charge in [-0.15, -0.1) is 0 Å². The molecule has 2 heterocycles. The van der Waals surface area contributed by atoms with Crippen LogP contribution in [-0.4, -0.2) is 27.2 Å². The Hall–Kier alpha value is -2.66. The Morgan fingerprint density at radius 2 is 2.13 bits per heavy atom. The molecule has 3 rings (SSSR count). The predicted molar refractivity (Wildman–Crippen MR) is 90.2 cm³/mol. The van der Waals surface area contributed by atoms with Crippen molar-refractivity contribution < 1.29 is 4.79 Å². The molecule has 0 aliphatic heterocycles. The summed E-state index contributed by atoms with van der Waals surface area (Å²) in [4.78, 5) is 18.4. The molecule has 0 fully saturated rings. The number of carbonyl (C=O) groups is 1. The maximum absolute atomic E-state index is 12.7. The number of hydrogen-bond acceptors (Lipinski definition) is 3. The lowest BCUT2D eigenvalue weighted by molar-refractivity contribution is 0.0983. The van der Waals surface area contributed by atoms with E-state index in [0.29, 0.717) is 17.3 Å². The zero-order valence-corrected chi connectivity index (χ0v) is 13.3. The van der Waals surface area contributed by atoms with E-state index >= 15 is 0 Å². The lowest BCUT2D eigenvalue weighted by Gasteiger charge is -2.19. The quantitative estimate of drug-likeness (QED) is 0.736. The topological polar surface area (TPSA) is 51.0 Å². The summed E-state index contributed by atoms with van der Waals surface area (Å²) in [6.45, 7) is 2.45. The standard InChI is InChI=1S/C17H15ClN4O/c1-2-21(15-7-4-9-19-12-15)17(23)16-8-10-22(20-16)14-6-3-5-13(18)11-14/h3-12H,2H2,1H3. The van der Waals surface area contributed by atoms with E-state index in [9.17, 15) is 4.79 Å². The molecule has 0 N–H and O–H groups in total. The summed E-state index contributed by atoms with van der Waals surface area (Å²) in [7, 11) is 0. The first-order chi connectivity index (χ1) is 11.2. The van der Waals surface area contributed by atoms with E-state index in [4.69, 9.17) is 11.6 Å². The van der Waals surface area contributed by atoms with E-state index in [0.717, 1.165) is 11.4 Å². The largest absolute Gasteiger partial charge is 0.306 e. The third-order valence-electron chi connectivity index (χ3n) is 3.40. The van der Waals surface area contributed by atoms with Gasteiger partial charge in [0.2, 0.25) is 0 Å². The van der Waals surface area contributed by atoms with Gasteiger partial charge in [-0.25, -0.2) is 4.68 Å². The molecule has 116 valence electrons. The third kappa shape index (κ3) is 3.24. The average Bonchev–Trinajstić information content (AvgIpc) is 3.06. The van der Waals surface area contributed by atoms with Gasteiger partial charge >= 0.3 is 0 Å². The minimum Gasteiger partial charge on any atom is -0.306 e. The van der Waals surface area contributed by atoms with Crippen LogP contribution in [0.4, 0.5) is 5.69 Å². The Bertz CT molecular complexity index is 816. The SMILES string of the molecule is CCN(C(=O)c1ccn(-c2cccc(Cl)c2)n1)c1cccnc1. The van der Waals surface area contributed by atoms with E-state index in [2.05, 4.69) is 10.1 Å². The van der Waals surface area contributed by atoms with Crippen LogP contribution in [-0.2, 0) is 0 Å². The van der Waals surface area contributed by atoms with E-state index in [1.54, 1.807) is 52.4 Å². The third-order valence-corrected chi connectivity index (χ3v) is 3.64. The number of benzene rings is 1. The lowest BCUT2D eigenvalue weighted by atomic mass is 10.3. The zero-order chi connectivity index (χ0) is 16.2. The van der Waals surface area contributed by atoms with Gasteiger partial charge < -0.3 is 4.90 Å². The van der Waals surface area contributed by atoms with Crippen molar-refractivity contribution in [3.05, 3.63) is 71.8 Å². The molecule has 0 saturated carbocycles. The smallest absolute Gasteiger partial charge is 0.278 e. The number of pyridine rings is 1. The van der Waals surface area contributed by atoms with Gasteiger partial charge in [0, 0.05) is 24.0 Å². The highest BCUT2D eigenvalue weighted by atomic mass is 35.5. The summed E-state index contributed by atoms with van der Waals surface area (Å²) in [5.41, 5.74) is 1.92. The molecule has 0 aliphatic rings. The first-order valence-corrected chi connectivity index (χ1v) is 7.60. The minimum atomic E-state index is -0.165. The van der Waals surface area contributed by atoms with Crippen LogP contribution in [0.3, 0.4) is 0 Å². The van der Waals surface area contributed by atoms with E-state index in [1.165, 1.54) is 0 Å². The minimum absolute atomic E-state index is 0.165. The van der Waals surface area contributed by atoms with Crippen LogP contribution in [0, 0.1) is 0 Å². The summed E-state index contributed by atoms with van der Waals surface area (Å²) < 4.78 is 1.64. The van der Waals surface area contributed by atoms with Gasteiger partial charge in [0.15, 0.2) is 5.69 Å².